The van der Waals surface area contributed by atoms with Gasteiger partial charge >= 0.3 is 0 Å². The Morgan fingerprint density at radius 1 is 1.24 bits per heavy atom. The summed E-state index contributed by atoms with van der Waals surface area (Å²) in [6.45, 7) is 1.85. The molecular weight excluding hydrogens is 471 g/mol. The van der Waals surface area contributed by atoms with E-state index in [-0.39, 0.29) is 22.1 Å². The predicted octanol–water partition coefficient (Wildman–Crippen LogP) is 5.80. The minimum atomic E-state index is -2.61. The van der Waals surface area contributed by atoms with E-state index < -0.39 is 34.6 Å². The van der Waals surface area contributed by atoms with E-state index in [1.54, 1.807) is 12.1 Å². The largest absolute Gasteiger partial charge is 0.334 e. The van der Waals surface area contributed by atoms with E-state index in [1.165, 1.54) is 30.3 Å². The second-order valence-electron chi connectivity index (χ2n) is 8.54. The number of nitriles is 1. The fraction of sp³-hybridized carbons (Fsp3) is 0.375. The van der Waals surface area contributed by atoms with E-state index in [9.17, 15) is 23.6 Å². The molecular formula is C24H21Cl2F2N3O2. The van der Waals surface area contributed by atoms with E-state index in [1.807, 2.05) is 6.92 Å². The lowest BCUT2D eigenvalue weighted by Gasteiger charge is -2.12. The van der Waals surface area contributed by atoms with Crippen LogP contribution in [-0.4, -0.2) is 22.2 Å². The molecule has 172 valence electrons. The van der Waals surface area contributed by atoms with Crippen LogP contribution in [0.4, 0.5) is 14.5 Å². The van der Waals surface area contributed by atoms with Crippen LogP contribution in [0.2, 0.25) is 5.02 Å². The van der Waals surface area contributed by atoms with Gasteiger partial charge in [-0.1, -0.05) is 36.7 Å². The zero-order chi connectivity index (χ0) is 24.0. The molecule has 2 aliphatic carbocycles. The normalized spacial score (nSPS) is 24.6. The summed E-state index contributed by atoms with van der Waals surface area (Å²) in [4.78, 5) is 24.8. The van der Waals surface area contributed by atoms with Crippen LogP contribution in [0.3, 0.4) is 0 Å². The SMILES string of the molecule is CCC1(Cl)C(C(=O)Nc2ccc(Cl)c(C(=O)NC3(C#N)CC3)c2)C1c1cccc(C(F)F)c1. The molecule has 0 heterocycles. The Balaban J connectivity index is 1.52. The van der Waals surface area contributed by atoms with Crippen molar-refractivity contribution in [2.45, 2.75) is 48.9 Å². The summed E-state index contributed by atoms with van der Waals surface area (Å²) < 4.78 is 26.3. The number of alkyl halides is 3. The number of amides is 2. The Morgan fingerprint density at radius 3 is 2.58 bits per heavy atom. The highest BCUT2D eigenvalue weighted by molar-refractivity contribution is 6.34. The van der Waals surface area contributed by atoms with Gasteiger partial charge in [0, 0.05) is 17.2 Å². The third-order valence-electron chi connectivity index (χ3n) is 6.40. The van der Waals surface area contributed by atoms with E-state index in [2.05, 4.69) is 16.7 Å². The van der Waals surface area contributed by atoms with E-state index in [0.717, 1.165) is 0 Å². The number of hydrogen-bond acceptors (Lipinski definition) is 3. The minimum absolute atomic E-state index is 0.118. The number of halogens is 4. The lowest BCUT2D eigenvalue weighted by Crippen LogP contribution is -2.35. The number of nitrogens with zero attached hydrogens (tertiary/aromatic N) is 1. The van der Waals surface area contributed by atoms with Crippen molar-refractivity contribution in [3.8, 4) is 6.07 Å². The maximum absolute atomic E-state index is 13.1. The van der Waals surface area contributed by atoms with Gasteiger partial charge in [0.05, 0.1) is 27.4 Å². The number of benzene rings is 2. The van der Waals surface area contributed by atoms with Crippen LogP contribution in [0.15, 0.2) is 42.5 Å². The van der Waals surface area contributed by atoms with Crippen molar-refractivity contribution in [1.29, 1.82) is 5.26 Å². The average molecular weight is 492 g/mol. The van der Waals surface area contributed by atoms with Gasteiger partial charge in [0.2, 0.25) is 5.91 Å². The second kappa shape index (κ2) is 8.58. The van der Waals surface area contributed by atoms with Crippen LogP contribution in [0.5, 0.6) is 0 Å². The summed E-state index contributed by atoms with van der Waals surface area (Å²) in [5.41, 5.74) is 0.103. The standard InChI is InChI=1S/C24H21Cl2F2N3O2/c1-2-24(26)18(13-4-3-5-14(10-13)20(27)28)19(24)22(33)30-15-6-7-17(25)16(11-15)21(32)31-23(12-29)8-9-23/h3-7,10-11,18-20H,2,8-9H2,1H3,(H,30,33)(H,31,32). The molecule has 2 N–H and O–H groups in total. The summed E-state index contributed by atoms with van der Waals surface area (Å²) in [6, 6.07) is 12.5. The van der Waals surface area contributed by atoms with Gasteiger partial charge in [-0.05, 0) is 49.1 Å². The number of nitrogens with one attached hydrogen (secondary N) is 2. The molecule has 4 rings (SSSR count). The molecule has 3 unspecified atom stereocenters. The number of carbonyl (C=O) groups excluding carboxylic acids is 2. The highest BCUT2D eigenvalue weighted by atomic mass is 35.5. The first-order valence-electron chi connectivity index (χ1n) is 10.6. The molecule has 33 heavy (non-hydrogen) atoms. The van der Waals surface area contributed by atoms with Crippen LogP contribution in [0.1, 0.15) is 60.0 Å². The Kier molecular flexibility index (Phi) is 6.10. The van der Waals surface area contributed by atoms with Crippen molar-refractivity contribution in [3.05, 3.63) is 64.2 Å². The summed E-state index contributed by atoms with van der Waals surface area (Å²) in [5, 5.41) is 14.8. The molecule has 0 bridgehead atoms. The van der Waals surface area contributed by atoms with E-state index in [0.29, 0.717) is 30.5 Å². The van der Waals surface area contributed by atoms with Gasteiger partial charge in [-0.3, -0.25) is 9.59 Å². The van der Waals surface area contributed by atoms with E-state index >= 15 is 0 Å². The monoisotopic (exact) mass is 491 g/mol. The van der Waals surface area contributed by atoms with Gasteiger partial charge in [-0.25, -0.2) is 8.78 Å². The third-order valence-corrected chi connectivity index (χ3v) is 7.47. The Labute approximate surface area is 200 Å². The number of hydrogen-bond donors (Lipinski definition) is 2. The summed E-state index contributed by atoms with van der Waals surface area (Å²) in [7, 11) is 0. The first-order chi connectivity index (χ1) is 15.6. The van der Waals surface area contributed by atoms with Crippen molar-refractivity contribution in [2.24, 2.45) is 5.92 Å². The number of anilines is 1. The molecule has 2 saturated carbocycles. The molecule has 0 radical (unpaired) electrons. The molecule has 2 amide bonds. The molecule has 2 aliphatic rings. The quantitative estimate of drug-likeness (QED) is 0.479. The van der Waals surface area contributed by atoms with Gasteiger partial charge in [0.1, 0.15) is 5.54 Å². The maximum atomic E-state index is 13.1. The molecule has 3 atom stereocenters. The fourth-order valence-electron chi connectivity index (χ4n) is 4.25. The van der Waals surface area contributed by atoms with Crippen molar-refractivity contribution >= 4 is 40.7 Å². The molecule has 2 aromatic carbocycles. The fourth-order valence-corrected chi connectivity index (χ4v) is 4.86. The van der Waals surface area contributed by atoms with Crippen LogP contribution in [0.25, 0.3) is 0 Å². The lowest BCUT2D eigenvalue weighted by molar-refractivity contribution is -0.117. The zero-order valence-corrected chi connectivity index (χ0v) is 19.2. The minimum Gasteiger partial charge on any atom is -0.334 e. The zero-order valence-electron chi connectivity index (χ0n) is 17.7. The van der Waals surface area contributed by atoms with Crippen molar-refractivity contribution in [2.75, 3.05) is 5.32 Å². The smallest absolute Gasteiger partial charge is 0.263 e. The first-order valence-corrected chi connectivity index (χ1v) is 11.3. The number of rotatable bonds is 7. The molecule has 0 aromatic heterocycles. The summed E-state index contributed by atoms with van der Waals surface area (Å²) in [5.74, 6) is -1.91. The topological polar surface area (TPSA) is 82.0 Å². The van der Waals surface area contributed by atoms with Gasteiger partial charge < -0.3 is 10.6 Å². The van der Waals surface area contributed by atoms with E-state index in [4.69, 9.17) is 23.2 Å². The summed E-state index contributed by atoms with van der Waals surface area (Å²) in [6.07, 6.45) is -0.987. The van der Waals surface area contributed by atoms with Crippen LogP contribution in [0, 0.1) is 17.2 Å². The highest BCUT2D eigenvalue weighted by Crippen LogP contribution is 2.64. The molecule has 0 saturated heterocycles. The molecule has 0 spiro atoms. The van der Waals surface area contributed by atoms with Crippen LogP contribution < -0.4 is 10.6 Å². The molecule has 9 heteroatoms. The van der Waals surface area contributed by atoms with Gasteiger partial charge in [0.25, 0.3) is 12.3 Å². The van der Waals surface area contributed by atoms with Crippen molar-refractivity contribution < 1.29 is 18.4 Å². The third kappa shape index (κ3) is 4.42. The number of carbonyl (C=O) groups is 2. The second-order valence-corrected chi connectivity index (χ2v) is 9.65. The van der Waals surface area contributed by atoms with Gasteiger partial charge in [-0.2, -0.15) is 5.26 Å². The summed E-state index contributed by atoms with van der Waals surface area (Å²) >= 11 is 12.9. The van der Waals surface area contributed by atoms with Crippen molar-refractivity contribution in [3.63, 3.8) is 0 Å². The Morgan fingerprint density at radius 2 is 1.97 bits per heavy atom. The highest BCUT2D eigenvalue weighted by Gasteiger charge is 2.66. The average Bonchev–Trinajstić information content (AvgIpc) is 3.70. The lowest BCUT2D eigenvalue weighted by atomic mass is 10.0. The first kappa shape index (κ1) is 23.5. The molecule has 2 aromatic rings. The Hall–Kier alpha value is -2.69. The van der Waals surface area contributed by atoms with Crippen LogP contribution in [-0.2, 0) is 4.79 Å². The predicted molar refractivity (Wildman–Crippen MR) is 122 cm³/mol. The van der Waals surface area contributed by atoms with Crippen LogP contribution >= 0.6 is 23.2 Å². The molecule has 2 fully saturated rings. The molecule has 5 nitrogen and oxygen atoms in total. The molecule has 0 aliphatic heterocycles. The van der Waals surface area contributed by atoms with Crippen molar-refractivity contribution in [1.82, 2.24) is 5.32 Å². The Bertz CT molecular complexity index is 1160. The van der Waals surface area contributed by atoms with Gasteiger partial charge in [0.15, 0.2) is 0 Å². The maximum Gasteiger partial charge on any atom is 0.263 e. The van der Waals surface area contributed by atoms with Gasteiger partial charge in [-0.15, -0.1) is 11.6 Å².